The zero-order chi connectivity index (χ0) is 24.8. The van der Waals surface area contributed by atoms with Gasteiger partial charge in [-0.1, -0.05) is 25.0 Å². The summed E-state index contributed by atoms with van der Waals surface area (Å²) in [6, 6.07) is 8.36. The first-order chi connectivity index (χ1) is 16.2. The number of alkyl halides is 3. The Hall–Kier alpha value is -3.14. The van der Waals surface area contributed by atoms with Gasteiger partial charge in [0.15, 0.2) is 6.61 Å². The molecule has 0 aliphatic heterocycles. The van der Waals surface area contributed by atoms with Gasteiger partial charge in [0, 0.05) is 7.11 Å². The Bertz CT molecular complexity index is 1020. The van der Waals surface area contributed by atoms with E-state index < -0.39 is 41.5 Å². The van der Waals surface area contributed by atoms with Gasteiger partial charge in [-0.05, 0) is 48.7 Å². The van der Waals surface area contributed by atoms with E-state index in [-0.39, 0.29) is 24.7 Å². The van der Waals surface area contributed by atoms with Gasteiger partial charge < -0.3 is 19.5 Å². The molecule has 2 aromatic carbocycles. The summed E-state index contributed by atoms with van der Waals surface area (Å²) in [4.78, 5) is 25.4. The molecule has 2 aromatic rings. The summed E-state index contributed by atoms with van der Waals surface area (Å²) in [6.45, 7) is -0.478. The molecule has 0 atom stereocenters. The molecule has 0 spiro atoms. The van der Waals surface area contributed by atoms with Crippen molar-refractivity contribution in [2.45, 2.75) is 37.3 Å². The minimum atomic E-state index is -4.63. The molecule has 1 N–H and O–H groups in total. The summed E-state index contributed by atoms with van der Waals surface area (Å²) in [5, 5.41) is 2.32. The van der Waals surface area contributed by atoms with Gasteiger partial charge in [-0.2, -0.15) is 13.2 Å². The van der Waals surface area contributed by atoms with Gasteiger partial charge in [0.1, 0.15) is 18.2 Å². The monoisotopic (exact) mass is 483 g/mol. The van der Waals surface area contributed by atoms with E-state index in [0.717, 1.165) is 31.0 Å². The number of hydrogen-bond acceptors (Lipinski definition) is 5. The highest BCUT2D eigenvalue weighted by Crippen LogP contribution is 2.42. The van der Waals surface area contributed by atoms with E-state index in [0.29, 0.717) is 18.4 Å². The second-order valence-corrected chi connectivity index (χ2v) is 7.97. The van der Waals surface area contributed by atoms with Crippen LogP contribution in [0.5, 0.6) is 5.75 Å². The van der Waals surface area contributed by atoms with Crippen molar-refractivity contribution in [1.29, 1.82) is 0 Å². The van der Waals surface area contributed by atoms with Crippen molar-refractivity contribution in [2.75, 3.05) is 32.2 Å². The topological polar surface area (TPSA) is 73.9 Å². The van der Waals surface area contributed by atoms with E-state index in [2.05, 4.69) is 5.32 Å². The lowest BCUT2D eigenvalue weighted by Crippen LogP contribution is -2.36. The van der Waals surface area contributed by atoms with Crippen molar-refractivity contribution in [3.05, 3.63) is 59.4 Å². The summed E-state index contributed by atoms with van der Waals surface area (Å²) in [5.74, 6) is -1.99. The van der Waals surface area contributed by atoms with E-state index in [1.807, 2.05) is 0 Å². The van der Waals surface area contributed by atoms with Gasteiger partial charge >= 0.3 is 12.1 Å². The largest absolute Gasteiger partial charge is 0.489 e. The number of esters is 1. The minimum Gasteiger partial charge on any atom is -0.489 e. The zero-order valence-electron chi connectivity index (χ0n) is 18.5. The van der Waals surface area contributed by atoms with E-state index >= 15 is 0 Å². The lowest BCUT2D eigenvalue weighted by Gasteiger charge is -2.27. The molecular formula is C24H25F4NO5. The average molecular weight is 483 g/mol. The zero-order valence-corrected chi connectivity index (χ0v) is 18.5. The van der Waals surface area contributed by atoms with Gasteiger partial charge in [0.05, 0.1) is 23.3 Å². The molecule has 184 valence electrons. The smallest absolute Gasteiger partial charge is 0.416 e. The van der Waals surface area contributed by atoms with Gasteiger partial charge in [-0.3, -0.25) is 9.59 Å². The van der Waals surface area contributed by atoms with Crippen LogP contribution in [0.4, 0.5) is 23.2 Å². The summed E-state index contributed by atoms with van der Waals surface area (Å²) < 4.78 is 68.6. The van der Waals surface area contributed by atoms with Crippen LogP contribution in [0.25, 0.3) is 0 Å². The van der Waals surface area contributed by atoms with Crippen LogP contribution in [0, 0.1) is 5.82 Å². The molecule has 3 rings (SSSR count). The Labute approximate surface area is 194 Å². The highest BCUT2D eigenvalue weighted by molar-refractivity contribution is 5.95. The molecule has 1 amide bonds. The number of halogens is 4. The fraction of sp³-hybridized carbons (Fsp3) is 0.417. The quantitative estimate of drug-likeness (QED) is 0.313. The number of anilines is 1. The second kappa shape index (κ2) is 10.9. The van der Waals surface area contributed by atoms with Crippen LogP contribution in [0.1, 0.15) is 36.8 Å². The molecule has 1 saturated carbocycles. The number of carbonyl (C=O) groups excluding carboxylic acids is 2. The molecule has 1 aliphatic carbocycles. The van der Waals surface area contributed by atoms with Crippen molar-refractivity contribution in [1.82, 2.24) is 0 Å². The number of methoxy groups -OCH3 is 1. The van der Waals surface area contributed by atoms with Crippen LogP contribution in [0.3, 0.4) is 0 Å². The fourth-order valence-electron chi connectivity index (χ4n) is 4.00. The fourth-order valence-corrected chi connectivity index (χ4v) is 4.00. The first-order valence-electron chi connectivity index (χ1n) is 10.7. The number of amides is 1. The third-order valence-corrected chi connectivity index (χ3v) is 5.69. The van der Waals surface area contributed by atoms with Gasteiger partial charge in [-0.25, -0.2) is 4.39 Å². The molecule has 0 unspecified atom stereocenters. The van der Waals surface area contributed by atoms with Crippen LogP contribution in [0.15, 0.2) is 42.5 Å². The number of hydrogen-bond donors (Lipinski definition) is 1. The second-order valence-electron chi connectivity index (χ2n) is 7.97. The third-order valence-electron chi connectivity index (χ3n) is 5.69. The molecule has 1 fully saturated rings. The minimum absolute atomic E-state index is 0.0109. The molecule has 0 heterocycles. The van der Waals surface area contributed by atoms with Crippen LogP contribution in [-0.2, 0) is 30.7 Å². The van der Waals surface area contributed by atoms with Crippen molar-refractivity contribution in [2.24, 2.45) is 0 Å². The number of ether oxygens (including phenoxy) is 3. The lowest BCUT2D eigenvalue weighted by atomic mass is 9.79. The molecule has 0 saturated heterocycles. The van der Waals surface area contributed by atoms with Crippen LogP contribution < -0.4 is 10.1 Å². The number of carbonyl (C=O) groups is 2. The first-order valence-corrected chi connectivity index (χ1v) is 10.7. The Kier molecular flexibility index (Phi) is 8.14. The maximum absolute atomic E-state index is 13.8. The highest BCUT2D eigenvalue weighted by Gasteiger charge is 2.44. The predicted octanol–water partition coefficient (Wildman–Crippen LogP) is 4.86. The van der Waals surface area contributed by atoms with Gasteiger partial charge in [0.2, 0.25) is 0 Å². The van der Waals surface area contributed by atoms with E-state index in [4.69, 9.17) is 14.2 Å². The summed E-state index contributed by atoms with van der Waals surface area (Å²) in [7, 11) is 1.44. The Morgan fingerprint density at radius 2 is 1.79 bits per heavy atom. The highest BCUT2D eigenvalue weighted by atomic mass is 19.4. The molecule has 0 radical (unpaired) electrons. The molecule has 1 aliphatic rings. The van der Waals surface area contributed by atoms with Gasteiger partial charge in [0.25, 0.3) is 5.91 Å². The van der Waals surface area contributed by atoms with Gasteiger partial charge in [-0.15, -0.1) is 0 Å². The molecule has 6 nitrogen and oxygen atoms in total. The molecular weight excluding hydrogens is 458 g/mol. The number of rotatable bonds is 9. The Balaban J connectivity index is 1.71. The van der Waals surface area contributed by atoms with E-state index in [9.17, 15) is 27.2 Å². The normalized spacial score (nSPS) is 15.1. The number of benzene rings is 2. The lowest BCUT2D eigenvalue weighted by molar-refractivity contribution is -0.153. The first kappa shape index (κ1) is 25.5. The average Bonchev–Trinajstić information content (AvgIpc) is 3.29. The predicted molar refractivity (Wildman–Crippen MR) is 115 cm³/mol. The van der Waals surface area contributed by atoms with E-state index in [1.54, 1.807) is 6.07 Å². The Morgan fingerprint density at radius 3 is 2.44 bits per heavy atom. The SMILES string of the molecule is COCCOc1ccc(C(F)(F)F)cc1NC(=O)COC(=O)C1(c2cccc(F)c2)CCCC1. The van der Waals surface area contributed by atoms with Crippen LogP contribution in [0.2, 0.25) is 0 Å². The van der Waals surface area contributed by atoms with Crippen LogP contribution in [-0.4, -0.2) is 38.8 Å². The van der Waals surface area contributed by atoms with Crippen molar-refractivity contribution in [3.8, 4) is 5.75 Å². The standard InChI is InChI=1S/C24H25F4NO5/c1-32-11-12-33-20-8-7-17(24(26,27)28)14-19(20)29-21(30)15-34-22(31)23(9-2-3-10-23)16-5-4-6-18(25)13-16/h4-8,13-14H,2-3,9-12,15H2,1H3,(H,29,30). The van der Waals surface area contributed by atoms with E-state index in [1.165, 1.54) is 25.3 Å². The molecule has 10 heteroatoms. The van der Waals surface area contributed by atoms with Crippen LogP contribution >= 0.6 is 0 Å². The maximum Gasteiger partial charge on any atom is 0.416 e. The molecule has 0 aromatic heterocycles. The number of nitrogens with one attached hydrogen (secondary N) is 1. The maximum atomic E-state index is 13.8. The van der Waals surface area contributed by atoms with Crippen molar-refractivity contribution < 1.29 is 41.4 Å². The molecule has 0 bridgehead atoms. The molecule has 34 heavy (non-hydrogen) atoms. The Morgan fingerprint density at radius 1 is 1.06 bits per heavy atom. The summed E-state index contributed by atoms with van der Waals surface area (Å²) in [5.41, 5.74) is -1.78. The van der Waals surface area contributed by atoms with Crippen molar-refractivity contribution in [3.63, 3.8) is 0 Å². The summed E-state index contributed by atoms with van der Waals surface area (Å²) >= 11 is 0. The third kappa shape index (κ3) is 6.05. The summed E-state index contributed by atoms with van der Waals surface area (Å²) in [6.07, 6.45) is -2.25. The van der Waals surface area contributed by atoms with Crippen molar-refractivity contribution >= 4 is 17.6 Å².